The third-order valence-corrected chi connectivity index (χ3v) is 3.71. The molecule has 1 heterocycles. The molecule has 0 fully saturated rings. The smallest absolute Gasteiger partial charge is 0.319 e. The summed E-state index contributed by atoms with van der Waals surface area (Å²) in [7, 11) is 3.16. The van der Waals surface area contributed by atoms with Crippen LogP contribution in [-0.4, -0.2) is 30.4 Å². The lowest BCUT2D eigenvalue weighted by atomic mass is 10.2. The molecule has 0 radical (unpaired) electrons. The van der Waals surface area contributed by atoms with Gasteiger partial charge in [0.15, 0.2) is 5.82 Å². The van der Waals surface area contributed by atoms with Crippen molar-refractivity contribution in [3.63, 3.8) is 0 Å². The number of H-pyrrole nitrogens is 1. The first-order chi connectivity index (χ1) is 12.1. The van der Waals surface area contributed by atoms with E-state index in [1.54, 1.807) is 38.5 Å². The number of anilines is 2. The van der Waals surface area contributed by atoms with Crippen molar-refractivity contribution in [1.29, 1.82) is 0 Å². The fourth-order valence-electron chi connectivity index (χ4n) is 2.44. The van der Waals surface area contributed by atoms with Gasteiger partial charge in [0.25, 0.3) is 0 Å². The molecule has 0 saturated carbocycles. The molecule has 0 atom stereocenters. The minimum absolute atomic E-state index is 0.329. The van der Waals surface area contributed by atoms with E-state index in [-0.39, 0.29) is 6.03 Å². The minimum Gasteiger partial charge on any atom is -0.497 e. The standard InChI is InChI=1S/C17H19N5O3/c1-24-12-5-10(6-13(8-12)25-2)9-19-17(23)20-11-3-4-15-14(7-11)16(18)22-21-15/h3-8H,9H2,1-2H3,(H3,18,21,22)(H2,19,20,23). The zero-order valence-corrected chi connectivity index (χ0v) is 13.9. The highest BCUT2D eigenvalue weighted by atomic mass is 16.5. The Morgan fingerprint density at radius 3 is 2.56 bits per heavy atom. The predicted molar refractivity (Wildman–Crippen MR) is 95.9 cm³/mol. The van der Waals surface area contributed by atoms with Crippen molar-refractivity contribution >= 4 is 28.4 Å². The molecule has 3 rings (SSSR count). The molecule has 25 heavy (non-hydrogen) atoms. The van der Waals surface area contributed by atoms with Gasteiger partial charge in [0, 0.05) is 23.7 Å². The second kappa shape index (κ2) is 7.00. The van der Waals surface area contributed by atoms with Crippen LogP contribution in [0.25, 0.3) is 10.9 Å². The Morgan fingerprint density at radius 1 is 1.16 bits per heavy atom. The minimum atomic E-state index is -0.330. The number of methoxy groups -OCH3 is 2. The number of nitrogen functional groups attached to an aromatic ring is 1. The van der Waals surface area contributed by atoms with Gasteiger partial charge < -0.3 is 25.8 Å². The fraction of sp³-hybridized carbons (Fsp3) is 0.176. The van der Waals surface area contributed by atoms with Gasteiger partial charge in [-0.3, -0.25) is 5.10 Å². The number of ether oxygens (including phenoxy) is 2. The quantitative estimate of drug-likeness (QED) is 0.569. The maximum absolute atomic E-state index is 12.1. The number of hydrogen-bond acceptors (Lipinski definition) is 5. The Labute approximate surface area is 144 Å². The first-order valence-corrected chi connectivity index (χ1v) is 7.59. The van der Waals surface area contributed by atoms with Crippen molar-refractivity contribution in [2.75, 3.05) is 25.3 Å². The second-order valence-corrected chi connectivity index (χ2v) is 5.40. The van der Waals surface area contributed by atoms with Crippen LogP contribution in [-0.2, 0) is 6.54 Å². The normalized spacial score (nSPS) is 10.5. The monoisotopic (exact) mass is 341 g/mol. The summed E-state index contributed by atoms with van der Waals surface area (Å²) in [6.07, 6.45) is 0. The van der Waals surface area contributed by atoms with E-state index in [0.717, 1.165) is 16.5 Å². The number of benzene rings is 2. The maximum atomic E-state index is 12.1. The molecule has 0 unspecified atom stereocenters. The van der Waals surface area contributed by atoms with Crippen molar-refractivity contribution in [1.82, 2.24) is 15.5 Å². The Kier molecular flexibility index (Phi) is 4.60. The Hall–Kier alpha value is -3.42. The van der Waals surface area contributed by atoms with Crippen molar-refractivity contribution < 1.29 is 14.3 Å². The Balaban J connectivity index is 1.65. The lowest BCUT2D eigenvalue weighted by molar-refractivity contribution is 0.251. The van der Waals surface area contributed by atoms with Crippen LogP contribution in [0.1, 0.15) is 5.56 Å². The van der Waals surface area contributed by atoms with Crippen LogP contribution in [0.3, 0.4) is 0 Å². The number of fused-ring (bicyclic) bond motifs is 1. The first kappa shape index (κ1) is 16.4. The van der Waals surface area contributed by atoms with Crippen LogP contribution in [0.15, 0.2) is 36.4 Å². The van der Waals surface area contributed by atoms with Gasteiger partial charge in [0.05, 0.1) is 19.7 Å². The van der Waals surface area contributed by atoms with Gasteiger partial charge in [0.2, 0.25) is 0 Å². The predicted octanol–water partition coefficient (Wildman–Crippen LogP) is 2.48. The van der Waals surface area contributed by atoms with E-state index >= 15 is 0 Å². The topological polar surface area (TPSA) is 114 Å². The van der Waals surface area contributed by atoms with Crippen LogP contribution in [0.4, 0.5) is 16.3 Å². The fourth-order valence-corrected chi connectivity index (χ4v) is 2.44. The van der Waals surface area contributed by atoms with E-state index in [2.05, 4.69) is 20.8 Å². The van der Waals surface area contributed by atoms with Gasteiger partial charge in [-0.25, -0.2) is 4.79 Å². The first-order valence-electron chi connectivity index (χ1n) is 7.59. The van der Waals surface area contributed by atoms with Crippen LogP contribution in [0.2, 0.25) is 0 Å². The van der Waals surface area contributed by atoms with E-state index in [1.165, 1.54) is 0 Å². The lowest BCUT2D eigenvalue weighted by Gasteiger charge is -2.10. The van der Waals surface area contributed by atoms with Crippen LogP contribution in [0.5, 0.6) is 11.5 Å². The summed E-state index contributed by atoms with van der Waals surface area (Å²) in [6, 6.07) is 10.5. The largest absolute Gasteiger partial charge is 0.497 e. The third-order valence-electron chi connectivity index (χ3n) is 3.71. The van der Waals surface area contributed by atoms with Gasteiger partial charge in [0.1, 0.15) is 11.5 Å². The molecule has 5 N–H and O–H groups in total. The summed E-state index contributed by atoms with van der Waals surface area (Å²) in [5, 5.41) is 13.1. The summed E-state index contributed by atoms with van der Waals surface area (Å²) in [5.74, 6) is 1.72. The van der Waals surface area contributed by atoms with Crippen molar-refractivity contribution in [3.05, 3.63) is 42.0 Å². The van der Waals surface area contributed by atoms with E-state index in [1.807, 2.05) is 12.1 Å². The molecule has 8 heteroatoms. The molecule has 0 aliphatic carbocycles. The number of nitrogens with one attached hydrogen (secondary N) is 3. The highest BCUT2D eigenvalue weighted by molar-refractivity contribution is 5.95. The summed E-state index contributed by atoms with van der Waals surface area (Å²) in [4.78, 5) is 12.1. The molecule has 2 amide bonds. The Morgan fingerprint density at radius 2 is 1.88 bits per heavy atom. The summed E-state index contributed by atoms with van der Waals surface area (Å²) >= 11 is 0. The zero-order chi connectivity index (χ0) is 17.8. The van der Waals surface area contributed by atoms with Crippen molar-refractivity contribution in [2.45, 2.75) is 6.54 Å². The van der Waals surface area contributed by atoms with Crippen LogP contribution >= 0.6 is 0 Å². The second-order valence-electron chi connectivity index (χ2n) is 5.40. The number of amides is 2. The molecule has 3 aromatic rings. The molecular weight excluding hydrogens is 322 g/mol. The van der Waals surface area contributed by atoms with Gasteiger partial charge in [-0.15, -0.1) is 0 Å². The molecule has 0 spiro atoms. The molecular formula is C17H19N5O3. The number of urea groups is 1. The number of nitrogens with two attached hydrogens (primary N) is 1. The number of hydrogen-bond donors (Lipinski definition) is 4. The average molecular weight is 341 g/mol. The SMILES string of the molecule is COc1cc(CNC(=O)Nc2ccc3[nH]nc(N)c3c2)cc(OC)c1. The number of rotatable bonds is 5. The Bertz CT molecular complexity index is 884. The number of carbonyl (C=O) groups excluding carboxylic acids is 1. The maximum Gasteiger partial charge on any atom is 0.319 e. The molecule has 1 aromatic heterocycles. The molecule has 0 aliphatic heterocycles. The zero-order valence-electron chi connectivity index (χ0n) is 13.9. The summed E-state index contributed by atoms with van der Waals surface area (Å²) in [6.45, 7) is 0.329. The molecule has 130 valence electrons. The number of aromatic nitrogens is 2. The third kappa shape index (κ3) is 3.74. The van der Waals surface area contributed by atoms with Crippen molar-refractivity contribution in [2.24, 2.45) is 0 Å². The van der Waals surface area contributed by atoms with Gasteiger partial charge >= 0.3 is 6.03 Å². The van der Waals surface area contributed by atoms with Gasteiger partial charge in [-0.1, -0.05) is 0 Å². The molecule has 8 nitrogen and oxygen atoms in total. The molecule has 0 saturated heterocycles. The molecule has 2 aromatic carbocycles. The number of nitrogens with zero attached hydrogens (tertiary/aromatic N) is 1. The van der Waals surface area contributed by atoms with Gasteiger partial charge in [-0.05, 0) is 35.9 Å². The van der Waals surface area contributed by atoms with Gasteiger partial charge in [-0.2, -0.15) is 5.10 Å². The van der Waals surface area contributed by atoms with Crippen molar-refractivity contribution in [3.8, 4) is 11.5 Å². The van der Waals surface area contributed by atoms with Crippen LogP contribution in [0, 0.1) is 0 Å². The lowest BCUT2D eigenvalue weighted by Crippen LogP contribution is -2.28. The highest BCUT2D eigenvalue weighted by Crippen LogP contribution is 2.23. The number of carbonyl (C=O) groups is 1. The highest BCUT2D eigenvalue weighted by Gasteiger charge is 2.07. The molecule has 0 aliphatic rings. The summed E-state index contributed by atoms with van der Waals surface area (Å²) < 4.78 is 10.4. The van der Waals surface area contributed by atoms with E-state index in [0.29, 0.717) is 29.5 Å². The van der Waals surface area contributed by atoms with E-state index < -0.39 is 0 Å². The average Bonchev–Trinajstić information content (AvgIpc) is 3.00. The summed E-state index contributed by atoms with van der Waals surface area (Å²) in [5.41, 5.74) is 8.07. The molecule has 0 bridgehead atoms. The van der Waals surface area contributed by atoms with E-state index in [9.17, 15) is 4.79 Å². The van der Waals surface area contributed by atoms with E-state index in [4.69, 9.17) is 15.2 Å². The number of aromatic amines is 1. The van der Waals surface area contributed by atoms with Crippen LogP contribution < -0.4 is 25.8 Å².